The van der Waals surface area contributed by atoms with Gasteiger partial charge in [-0.3, -0.25) is 0 Å². The first-order valence-corrected chi connectivity index (χ1v) is 5.87. The summed E-state index contributed by atoms with van der Waals surface area (Å²) in [5, 5.41) is 3.28. The molecule has 2 nitrogen and oxygen atoms in total. The minimum Gasteiger partial charge on any atom is -0.329 e. The maximum Gasteiger partial charge on any atom is 0.137 e. The summed E-state index contributed by atoms with van der Waals surface area (Å²) in [4.78, 5) is 0. The van der Waals surface area contributed by atoms with Crippen LogP contribution in [0.25, 0.3) is 0 Å². The van der Waals surface area contributed by atoms with Crippen LogP contribution >= 0.6 is 15.9 Å². The van der Waals surface area contributed by atoms with Gasteiger partial charge in [0, 0.05) is 12.6 Å². The summed E-state index contributed by atoms with van der Waals surface area (Å²) >= 11 is 3.24. The quantitative estimate of drug-likeness (QED) is 0.866. The lowest BCUT2D eigenvalue weighted by molar-refractivity contribution is 0.531. The number of benzene rings is 1. The average molecular weight is 275 g/mol. The minimum atomic E-state index is -0.246. The fourth-order valence-corrected chi connectivity index (χ4v) is 1.97. The van der Waals surface area contributed by atoms with E-state index in [2.05, 4.69) is 28.2 Å². The lowest BCUT2D eigenvalue weighted by Gasteiger charge is -2.18. The Hall–Kier alpha value is -0.450. The molecule has 0 heterocycles. The number of rotatable bonds is 5. The Morgan fingerprint density at radius 3 is 2.87 bits per heavy atom. The Labute approximate surface area is 98.2 Å². The van der Waals surface area contributed by atoms with Crippen LogP contribution in [0.1, 0.15) is 24.9 Å². The van der Waals surface area contributed by atoms with Crippen molar-refractivity contribution in [1.82, 2.24) is 5.32 Å². The first-order valence-electron chi connectivity index (χ1n) is 5.08. The zero-order valence-corrected chi connectivity index (χ0v) is 10.3. The van der Waals surface area contributed by atoms with E-state index >= 15 is 0 Å². The van der Waals surface area contributed by atoms with Gasteiger partial charge in [0.15, 0.2) is 0 Å². The van der Waals surface area contributed by atoms with Crippen LogP contribution in [0.3, 0.4) is 0 Å². The van der Waals surface area contributed by atoms with E-state index in [9.17, 15) is 4.39 Å². The number of hydrogen-bond donors (Lipinski definition) is 2. The Morgan fingerprint density at radius 2 is 2.27 bits per heavy atom. The smallest absolute Gasteiger partial charge is 0.137 e. The van der Waals surface area contributed by atoms with E-state index in [0.29, 0.717) is 11.0 Å². The molecule has 0 aliphatic carbocycles. The van der Waals surface area contributed by atoms with Crippen molar-refractivity contribution in [3.63, 3.8) is 0 Å². The largest absolute Gasteiger partial charge is 0.329 e. The van der Waals surface area contributed by atoms with Gasteiger partial charge in [-0.15, -0.1) is 0 Å². The standard InChI is InChI=1S/C11H16BrFN2/c1-2-6-15-10(7-14)8-4-3-5-9(13)11(8)12/h3-5,10,15H,2,6-7,14H2,1H3. The van der Waals surface area contributed by atoms with Gasteiger partial charge in [0.2, 0.25) is 0 Å². The lowest BCUT2D eigenvalue weighted by Crippen LogP contribution is -2.29. The number of halogens is 2. The Morgan fingerprint density at radius 1 is 1.53 bits per heavy atom. The summed E-state index contributed by atoms with van der Waals surface area (Å²) in [6.45, 7) is 3.42. The molecule has 0 saturated heterocycles. The monoisotopic (exact) mass is 274 g/mol. The van der Waals surface area contributed by atoms with Crippen LogP contribution in [-0.2, 0) is 0 Å². The SMILES string of the molecule is CCCNC(CN)c1cccc(F)c1Br. The Balaban J connectivity index is 2.86. The molecule has 1 unspecified atom stereocenters. The molecule has 0 bridgehead atoms. The highest BCUT2D eigenvalue weighted by Crippen LogP contribution is 2.25. The zero-order chi connectivity index (χ0) is 11.3. The van der Waals surface area contributed by atoms with Crippen molar-refractivity contribution < 1.29 is 4.39 Å². The lowest BCUT2D eigenvalue weighted by atomic mass is 10.1. The van der Waals surface area contributed by atoms with Gasteiger partial charge >= 0.3 is 0 Å². The summed E-state index contributed by atoms with van der Waals surface area (Å²) in [6.07, 6.45) is 1.03. The summed E-state index contributed by atoms with van der Waals surface area (Å²) in [5.41, 5.74) is 6.54. The molecular weight excluding hydrogens is 259 g/mol. The molecule has 1 aromatic carbocycles. The van der Waals surface area contributed by atoms with Crippen LogP contribution in [0.2, 0.25) is 0 Å². The summed E-state index contributed by atoms with van der Waals surface area (Å²) in [5.74, 6) is -0.246. The van der Waals surface area contributed by atoms with E-state index in [-0.39, 0.29) is 11.9 Å². The molecule has 0 radical (unpaired) electrons. The molecule has 1 rings (SSSR count). The molecule has 0 fully saturated rings. The first kappa shape index (κ1) is 12.6. The van der Waals surface area contributed by atoms with Gasteiger partial charge < -0.3 is 11.1 Å². The predicted molar refractivity (Wildman–Crippen MR) is 64.2 cm³/mol. The molecular formula is C11H16BrFN2. The molecule has 84 valence electrons. The van der Waals surface area contributed by atoms with Gasteiger partial charge in [-0.2, -0.15) is 0 Å². The van der Waals surface area contributed by atoms with E-state index in [1.54, 1.807) is 6.07 Å². The molecule has 0 aromatic heterocycles. The molecule has 0 spiro atoms. The third-order valence-corrected chi connectivity index (χ3v) is 3.07. The maximum atomic E-state index is 13.3. The normalized spacial score (nSPS) is 12.8. The van der Waals surface area contributed by atoms with Crippen molar-refractivity contribution in [3.8, 4) is 0 Å². The predicted octanol–water partition coefficient (Wildman–Crippen LogP) is 2.59. The highest BCUT2D eigenvalue weighted by molar-refractivity contribution is 9.10. The van der Waals surface area contributed by atoms with Crippen molar-refractivity contribution in [3.05, 3.63) is 34.1 Å². The van der Waals surface area contributed by atoms with Crippen LogP contribution in [0.4, 0.5) is 4.39 Å². The summed E-state index contributed by atoms with van der Waals surface area (Å²) in [7, 11) is 0. The molecule has 1 aromatic rings. The third kappa shape index (κ3) is 3.26. The second-order valence-corrected chi connectivity index (χ2v) is 4.18. The van der Waals surface area contributed by atoms with Crippen LogP contribution in [0.15, 0.2) is 22.7 Å². The van der Waals surface area contributed by atoms with E-state index < -0.39 is 0 Å². The Bertz CT molecular complexity index is 317. The number of nitrogens with one attached hydrogen (secondary N) is 1. The van der Waals surface area contributed by atoms with Crippen molar-refractivity contribution >= 4 is 15.9 Å². The minimum absolute atomic E-state index is 0.00928. The first-order chi connectivity index (χ1) is 7.20. The second-order valence-electron chi connectivity index (χ2n) is 3.39. The molecule has 1 atom stereocenters. The number of nitrogens with two attached hydrogens (primary N) is 1. The van der Waals surface area contributed by atoms with Crippen LogP contribution in [0.5, 0.6) is 0 Å². The molecule has 0 aliphatic rings. The fourth-order valence-electron chi connectivity index (χ4n) is 1.43. The number of hydrogen-bond acceptors (Lipinski definition) is 2. The van der Waals surface area contributed by atoms with Gasteiger partial charge in [-0.25, -0.2) is 4.39 Å². The highest BCUT2D eigenvalue weighted by atomic mass is 79.9. The fraction of sp³-hybridized carbons (Fsp3) is 0.455. The topological polar surface area (TPSA) is 38.0 Å². The molecule has 0 aliphatic heterocycles. The molecule has 15 heavy (non-hydrogen) atoms. The molecule has 3 N–H and O–H groups in total. The van der Waals surface area contributed by atoms with Crippen molar-refractivity contribution in [2.45, 2.75) is 19.4 Å². The van der Waals surface area contributed by atoms with E-state index in [1.165, 1.54) is 6.07 Å². The van der Waals surface area contributed by atoms with Crippen LogP contribution < -0.4 is 11.1 Å². The van der Waals surface area contributed by atoms with Gasteiger partial charge in [0.1, 0.15) is 5.82 Å². The summed E-state index contributed by atoms with van der Waals surface area (Å²) in [6, 6.07) is 5.02. The Kier molecular flexibility index (Phi) is 5.22. The maximum absolute atomic E-state index is 13.3. The van der Waals surface area contributed by atoms with Crippen molar-refractivity contribution in [1.29, 1.82) is 0 Å². The van der Waals surface area contributed by atoms with Gasteiger partial charge in [-0.1, -0.05) is 19.1 Å². The zero-order valence-electron chi connectivity index (χ0n) is 8.76. The van der Waals surface area contributed by atoms with E-state index in [0.717, 1.165) is 18.5 Å². The van der Waals surface area contributed by atoms with Crippen molar-refractivity contribution in [2.24, 2.45) is 5.73 Å². The highest BCUT2D eigenvalue weighted by Gasteiger charge is 2.13. The molecule has 0 amide bonds. The van der Waals surface area contributed by atoms with E-state index in [4.69, 9.17) is 5.73 Å². The van der Waals surface area contributed by atoms with Gasteiger partial charge in [-0.05, 0) is 40.5 Å². The van der Waals surface area contributed by atoms with Crippen LogP contribution in [0, 0.1) is 5.82 Å². The van der Waals surface area contributed by atoms with Gasteiger partial charge in [0.05, 0.1) is 4.47 Å². The third-order valence-electron chi connectivity index (χ3n) is 2.23. The molecule has 4 heteroatoms. The second kappa shape index (κ2) is 6.20. The average Bonchev–Trinajstić information content (AvgIpc) is 2.25. The van der Waals surface area contributed by atoms with Gasteiger partial charge in [0.25, 0.3) is 0 Å². The van der Waals surface area contributed by atoms with Crippen molar-refractivity contribution in [2.75, 3.05) is 13.1 Å². The van der Waals surface area contributed by atoms with E-state index in [1.807, 2.05) is 6.07 Å². The summed E-state index contributed by atoms with van der Waals surface area (Å²) < 4.78 is 13.8. The molecule has 0 saturated carbocycles. The van der Waals surface area contributed by atoms with Crippen LogP contribution in [-0.4, -0.2) is 13.1 Å².